The second-order valence-electron chi connectivity index (χ2n) is 5.32. The molecule has 24 heavy (non-hydrogen) atoms. The van der Waals surface area contributed by atoms with Crippen molar-refractivity contribution in [2.24, 2.45) is 19.2 Å². The summed E-state index contributed by atoms with van der Waals surface area (Å²) >= 11 is 0. The highest BCUT2D eigenvalue weighted by molar-refractivity contribution is 5.81. The third kappa shape index (κ3) is 2.87. The van der Waals surface area contributed by atoms with Gasteiger partial charge in [-0.05, 0) is 19.9 Å². The number of nitrogens with one attached hydrogen (secondary N) is 1. The quantitative estimate of drug-likeness (QED) is 0.583. The van der Waals surface area contributed by atoms with Crippen LogP contribution in [-0.2, 0) is 14.1 Å². The van der Waals surface area contributed by atoms with Crippen molar-refractivity contribution in [1.82, 2.24) is 29.5 Å². The highest BCUT2D eigenvalue weighted by atomic mass is 19.1. The first-order valence-corrected chi connectivity index (χ1v) is 7.27. The fourth-order valence-electron chi connectivity index (χ4n) is 2.26. The van der Waals surface area contributed by atoms with Gasteiger partial charge in [0.25, 0.3) is 0 Å². The van der Waals surface area contributed by atoms with Gasteiger partial charge in [-0.25, -0.2) is 20.1 Å². The Kier molecular flexibility index (Phi) is 4.07. The molecule has 0 aromatic carbocycles. The molecule has 0 fully saturated rings. The van der Waals surface area contributed by atoms with Gasteiger partial charge < -0.3 is 0 Å². The SMILES string of the molecule is Cc1nn(C)c(F)c1C=NNc1nccc(-c2cnn(C)c2C)n1. The molecule has 0 radical (unpaired) electrons. The van der Waals surface area contributed by atoms with E-state index in [1.165, 1.54) is 17.9 Å². The van der Waals surface area contributed by atoms with E-state index in [4.69, 9.17) is 0 Å². The van der Waals surface area contributed by atoms with Crippen LogP contribution < -0.4 is 5.43 Å². The van der Waals surface area contributed by atoms with Crippen LogP contribution in [0.25, 0.3) is 11.3 Å². The zero-order valence-electron chi connectivity index (χ0n) is 13.8. The molecule has 3 rings (SSSR count). The smallest absolute Gasteiger partial charge is 0.244 e. The molecule has 0 aliphatic carbocycles. The summed E-state index contributed by atoms with van der Waals surface area (Å²) in [4.78, 5) is 8.50. The summed E-state index contributed by atoms with van der Waals surface area (Å²) in [5, 5.41) is 12.2. The Balaban J connectivity index is 1.80. The number of aromatic nitrogens is 6. The maximum absolute atomic E-state index is 13.8. The zero-order chi connectivity index (χ0) is 17.3. The minimum absolute atomic E-state index is 0.314. The van der Waals surface area contributed by atoms with Crippen LogP contribution in [0.3, 0.4) is 0 Å². The fraction of sp³-hybridized carbons (Fsp3) is 0.267. The monoisotopic (exact) mass is 328 g/mol. The number of aryl methyl sites for hydroxylation is 3. The second kappa shape index (κ2) is 6.19. The van der Waals surface area contributed by atoms with E-state index in [-0.39, 0.29) is 0 Å². The van der Waals surface area contributed by atoms with Crippen molar-refractivity contribution in [2.45, 2.75) is 13.8 Å². The lowest BCUT2D eigenvalue weighted by Crippen LogP contribution is -1.99. The van der Waals surface area contributed by atoms with Gasteiger partial charge in [-0.15, -0.1) is 0 Å². The number of hydrazone groups is 1. The van der Waals surface area contributed by atoms with Gasteiger partial charge >= 0.3 is 0 Å². The molecule has 0 bridgehead atoms. The first kappa shape index (κ1) is 15.8. The number of nitrogens with zero attached hydrogens (tertiary/aromatic N) is 7. The van der Waals surface area contributed by atoms with Crippen LogP contribution in [0.2, 0.25) is 0 Å². The molecular weight excluding hydrogens is 311 g/mol. The van der Waals surface area contributed by atoms with Gasteiger partial charge in [0.15, 0.2) is 0 Å². The van der Waals surface area contributed by atoms with Crippen molar-refractivity contribution in [3.05, 3.63) is 41.4 Å². The minimum atomic E-state index is -0.446. The number of rotatable bonds is 4. The van der Waals surface area contributed by atoms with E-state index in [1.807, 2.05) is 14.0 Å². The summed E-state index contributed by atoms with van der Waals surface area (Å²) in [5.74, 6) is -0.132. The Morgan fingerprint density at radius 3 is 2.67 bits per heavy atom. The van der Waals surface area contributed by atoms with Crippen LogP contribution in [-0.4, -0.2) is 35.7 Å². The van der Waals surface area contributed by atoms with Gasteiger partial charge in [-0.3, -0.25) is 4.68 Å². The molecule has 124 valence electrons. The molecule has 0 unspecified atom stereocenters. The zero-order valence-corrected chi connectivity index (χ0v) is 13.8. The lowest BCUT2D eigenvalue weighted by atomic mass is 10.2. The van der Waals surface area contributed by atoms with Crippen LogP contribution in [0.5, 0.6) is 0 Å². The maximum atomic E-state index is 13.8. The predicted molar refractivity (Wildman–Crippen MR) is 88.1 cm³/mol. The van der Waals surface area contributed by atoms with E-state index in [1.54, 1.807) is 30.1 Å². The van der Waals surface area contributed by atoms with Crippen LogP contribution in [0, 0.1) is 19.8 Å². The van der Waals surface area contributed by atoms with Gasteiger partial charge in [0.1, 0.15) is 0 Å². The van der Waals surface area contributed by atoms with Crippen molar-refractivity contribution >= 4 is 12.2 Å². The first-order chi connectivity index (χ1) is 11.5. The summed E-state index contributed by atoms with van der Waals surface area (Å²) in [6.45, 7) is 3.68. The Hall–Kier alpha value is -3.10. The topological polar surface area (TPSA) is 85.8 Å². The van der Waals surface area contributed by atoms with E-state index in [0.29, 0.717) is 17.2 Å². The molecule has 0 saturated heterocycles. The standard InChI is InChI=1S/C15H17FN8/c1-9-11(14(16)24(4)22-9)7-18-21-15-17-6-5-13(20-15)12-8-19-23(3)10(12)2/h5-8H,1-4H3,(H,17,20,21). The first-order valence-electron chi connectivity index (χ1n) is 7.27. The lowest BCUT2D eigenvalue weighted by molar-refractivity contribution is 0.502. The average Bonchev–Trinajstić information content (AvgIpc) is 3.01. The molecule has 0 spiro atoms. The van der Waals surface area contributed by atoms with Gasteiger partial charge in [-0.1, -0.05) is 0 Å². The van der Waals surface area contributed by atoms with E-state index in [2.05, 4.69) is 30.7 Å². The summed E-state index contributed by atoms with van der Waals surface area (Å²) in [7, 11) is 3.41. The summed E-state index contributed by atoms with van der Waals surface area (Å²) in [6.07, 6.45) is 4.74. The molecule has 0 aliphatic heterocycles. The largest absolute Gasteiger partial charge is 0.272 e. The third-order valence-electron chi connectivity index (χ3n) is 3.72. The Morgan fingerprint density at radius 2 is 2.04 bits per heavy atom. The fourth-order valence-corrected chi connectivity index (χ4v) is 2.26. The van der Waals surface area contributed by atoms with E-state index in [9.17, 15) is 4.39 Å². The Bertz CT molecular complexity index is 908. The van der Waals surface area contributed by atoms with Crippen molar-refractivity contribution in [3.63, 3.8) is 0 Å². The summed E-state index contributed by atoms with van der Waals surface area (Å²) in [5.41, 5.74) is 6.24. The molecule has 0 aliphatic rings. The summed E-state index contributed by atoms with van der Waals surface area (Å²) < 4.78 is 16.8. The number of hydrogen-bond acceptors (Lipinski definition) is 6. The Morgan fingerprint density at radius 1 is 1.25 bits per heavy atom. The molecule has 3 aromatic rings. The average molecular weight is 328 g/mol. The van der Waals surface area contributed by atoms with E-state index in [0.717, 1.165) is 17.0 Å². The minimum Gasteiger partial charge on any atom is -0.272 e. The van der Waals surface area contributed by atoms with Crippen molar-refractivity contribution in [1.29, 1.82) is 0 Å². The van der Waals surface area contributed by atoms with Gasteiger partial charge in [0, 0.05) is 31.5 Å². The summed E-state index contributed by atoms with van der Waals surface area (Å²) in [6, 6.07) is 1.80. The number of anilines is 1. The molecular formula is C15H17FN8. The molecule has 3 heterocycles. The molecule has 1 N–H and O–H groups in total. The molecule has 8 nitrogen and oxygen atoms in total. The molecule has 0 atom stereocenters. The molecule has 0 amide bonds. The predicted octanol–water partition coefficient (Wildman–Crippen LogP) is 1.81. The molecule has 3 aromatic heterocycles. The molecule has 9 heteroatoms. The van der Waals surface area contributed by atoms with Crippen molar-refractivity contribution < 1.29 is 4.39 Å². The Labute approximate surface area is 138 Å². The maximum Gasteiger partial charge on any atom is 0.244 e. The van der Waals surface area contributed by atoms with E-state index < -0.39 is 5.95 Å². The molecule has 0 saturated carbocycles. The van der Waals surface area contributed by atoms with Gasteiger partial charge in [0.05, 0.1) is 29.4 Å². The van der Waals surface area contributed by atoms with Crippen molar-refractivity contribution in [2.75, 3.05) is 5.43 Å². The van der Waals surface area contributed by atoms with Gasteiger partial charge in [0.2, 0.25) is 11.9 Å². The highest BCUT2D eigenvalue weighted by Gasteiger charge is 2.11. The van der Waals surface area contributed by atoms with Crippen LogP contribution >= 0.6 is 0 Å². The third-order valence-corrected chi connectivity index (χ3v) is 3.72. The number of halogens is 1. The van der Waals surface area contributed by atoms with E-state index >= 15 is 0 Å². The van der Waals surface area contributed by atoms with Crippen LogP contribution in [0.4, 0.5) is 10.3 Å². The number of hydrogen-bond donors (Lipinski definition) is 1. The second-order valence-corrected chi connectivity index (χ2v) is 5.32. The van der Waals surface area contributed by atoms with Gasteiger partial charge in [-0.2, -0.15) is 19.7 Å². The van der Waals surface area contributed by atoms with Crippen LogP contribution in [0.15, 0.2) is 23.6 Å². The van der Waals surface area contributed by atoms with Crippen LogP contribution in [0.1, 0.15) is 17.0 Å². The van der Waals surface area contributed by atoms with Crippen molar-refractivity contribution in [3.8, 4) is 11.3 Å². The normalized spacial score (nSPS) is 11.4. The lowest BCUT2D eigenvalue weighted by Gasteiger charge is -2.02. The highest BCUT2D eigenvalue weighted by Crippen LogP contribution is 2.20.